The Bertz CT molecular complexity index is 2790. The maximum Gasteiger partial charge on any atom is 1.00 e. The predicted octanol–water partition coefficient (Wildman–Crippen LogP) is 7.19. The molecule has 2 aliphatic heterocycles. The summed E-state index contributed by atoms with van der Waals surface area (Å²) in [5.74, 6) is -1.29. The van der Waals surface area contributed by atoms with E-state index in [1.54, 1.807) is 38.4 Å². The molecule has 9 rings (SSSR count). The van der Waals surface area contributed by atoms with Crippen molar-refractivity contribution in [3.05, 3.63) is 118 Å². The Kier molecular flexibility index (Phi) is 26.9. The van der Waals surface area contributed by atoms with Crippen LogP contribution in [0.2, 0.25) is 0 Å². The molecule has 4 N–H and O–H groups in total. The molecule has 2 aliphatic rings. The Hall–Kier alpha value is -2.16. The van der Waals surface area contributed by atoms with Crippen LogP contribution in [0.5, 0.6) is 0 Å². The molecule has 0 fully saturated rings. The summed E-state index contributed by atoms with van der Waals surface area (Å²) >= 11 is 16.0. The quantitative estimate of drug-likeness (QED) is 0.0762. The van der Waals surface area contributed by atoms with Crippen molar-refractivity contribution in [1.82, 2.24) is 29.3 Å². The maximum atomic E-state index is 13.8. The fourth-order valence-corrected chi connectivity index (χ4v) is 8.69. The second kappa shape index (κ2) is 29.5. The molecule has 23 heteroatoms. The zero-order valence-corrected chi connectivity index (χ0v) is 49.2. The summed E-state index contributed by atoms with van der Waals surface area (Å²) < 4.78 is 67.4. The van der Waals surface area contributed by atoms with Gasteiger partial charge in [0.05, 0.1) is 64.0 Å². The van der Waals surface area contributed by atoms with Crippen LogP contribution in [-0.4, -0.2) is 94.8 Å². The van der Waals surface area contributed by atoms with E-state index in [1.807, 2.05) is 44.5 Å². The van der Waals surface area contributed by atoms with Crippen molar-refractivity contribution < 1.29 is 77.4 Å². The van der Waals surface area contributed by atoms with Gasteiger partial charge in [0.2, 0.25) is 0 Å². The molecule has 0 aliphatic carbocycles. The number of benzene rings is 4. The third kappa shape index (κ3) is 16.9. The Labute approximate surface area is 462 Å². The number of hydrogen-bond donors (Lipinski definition) is 4. The number of alkyl halides is 1. The van der Waals surface area contributed by atoms with E-state index >= 15 is 0 Å². The van der Waals surface area contributed by atoms with Crippen molar-refractivity contribution in [2.45, 2.75) is 78.9 Å². The van der Waals surface area contributed by atoms with Crippen molar-refractivity contribution >= 4 is 119 Å². The molecular weight excluding hydrogens is 1250 g/mol. The van der Waals surface area contributed by atoms with Gasteiger partial charge in [-0.2, -0.15) is 22.4 Å². The van der Waals surface area contributed by atoms with Crippen LogP contribution in [0.15, 0.2) is 77.6 Å². The van der Waals surface area contributed by atoms with Gasteiger partial charge in [-0.05, 0) is 76.2 Å². The summed E-state index contributed by atoms with van der Waals surface area (Å²) in [6.07, 6.45) is 3.41. The molecule has 7 aromatic rings. The Balaban J connectivity index is 0.000000302. The Morgan fingerprint density at radius 1 is 0.725 bits per heavy atom. The third-order valence-corrected chi connectivity index (χ3v) is 11.6. The van der Waals surface area contributed by atoms with Gasteiger partial charge in [0.25, 0.3) is 0 Å². The molecule has 13 nitrogen and oxygen atoms in total. The van der Waals surface area contributed by atoms with Crippen molar-refractivity contribution in [3.63, 3.8) is 0 Å². The summed E-state index contributed by atoms with van der Waals surface area (Å²) in [7, 11) is 0.750. The number of halogens is 9. The van der Waals surface area contributed by atoms with Gasteiger partial charge in [0.1, 0.15) is 33.6 Å². The van der Waals surface area contributed by atoms with E-state index in [0.29, 0.717) is 68.2 Å². The molecular formula is C46H53Br5F4N7NaO6. The molecule has 372 valence electrons. The van der Waals surface area contributed by atoms with E-state index in [9.17, 15) is 22.7 Å². The van der Waals surface area contributed by atoms with Crippen molar-refractivity contribution in [3.8, 4) is 0 Å². The first-order valence-electron chi connectivity index (χ1n) is 20.9. The minimum absolute atomic E-state index is 0. The number of aliphatic hydroxyl groups is 4. The van der Waals surface area contributed by atoms with Crippen molar-refractivity contribution in [1.29, 1.82) is 0 Å². The molecule has 0 saturated heterocycles. The second-order valence-electron chi connectivity index (χ2n) is 15.1. The number of fused-ring (bicyclic) bond motifs is 6. The molecule has 0 bridgehead atoms. The van der Waals surface area contributed by atoms with Crippen molar-refractivity contribution in [2.75, 3.05) is 38.9 Å². The number of aliphatic hydroxyl groups excluding tert-OH is 3. The first kappa shape index (κ1) is 63.0. The number of nitrogens with zero attached hydrogens (tertiary/aromatic N) is 7. The van der Waals surface area contributed by atoms with Gasteiger partial charge in [-0.3, -0.25) is 19.0 Å². The molecule has 0 saturated carbocycles. The van der Waals surface area contributed by atoms with Gasteiger partial charge < -0.3 is 30.3 Å². The molecule has 4 aromatic carbocycles. The third-order valence-electron chi connectivity index (χ3n) is 9.41. The monoisotopic (exact) mass is 1290 g/mol. The Morgan fingerprint density at radius 2 is 1.23 bits per heavy atom. The van der Waals surface area contributed by atoms with Gasteiger partial charge in [-0.1, -0.05) is 93.5 Å². The first-order valence-corrected chi connectivity index (χ1v) is 25.2. The molecule has 0 amide bonds. The number of hydrogen-bond acceptors (Lipinski definition) is 10. The molecule has 69 heavy (non-hydrogen) atoms. The smallest absolute Gasteiger partial charge is 0.857 e. The fraction of sp³-hybridized carbons (Fsp3) is 0.391. The number of aliphatic imine (C=N–C) groups is 1. The molecule has 5 heterocycles. The zero-order chi connectivity index (χ0) is 51.1. The average Bonchev–Trinajstić information content (AvgIpc) is 4.08. The van der Waals surface area contributed by atoms with E-state index in [4.69, 9.17) is 25.2 Å². The minimum Gasteiger partial charge on any atom is -0.857 e. The SMILES string of the molecule is CC.CC(C)(O)c1c2cc(Br)cc(F)c2nn1CCO.CC1(C)OCCn2nc3c(F)cc(Br)cc3c21.C[O-].Fc1cc(Br)cc2c1CN=C2.OCCBr.OCCn1cc2cc(Br)cc(F)c2n1.[Na+]. The van der Waals surface area contributed by atoms with Crippen LogP contribution in [0.25, 0.3) is 32.7 Å². The Morgan fingerprint density at radius 3 is 1.78 bits per heavy atom. The van der Waals surface area contributed by atoms with Crippen molar-refractivity contribution in [2.24, 2.45) is 4.99 Å². The average molecular weight is 1300 g/mol. The largest absolute Gasteiger partial charge is 1.00 e. The van der Waals surface area contributed by atoms with Crippen LogP contribution in [0.4, 0.5) is 17.6 Å². The minimum atomic E-state index is -1.17. The maximum absolute atomic E-state index is 13.8. The summed E-state index contributed by atoms with van der Waals surface area (Å²) in [5.41, 5.74) is 2.38. The van der Waals surface area contributed by atoms with Gasteiger partial charge in [0, 0.05) is 62.9 Å². The van der Waals surface area contributed by atoms with E-state index in [2.05, 4.69) is 99.9 Å². The summed E-state index contributed by atoms with van der Waals surface area (Å²) in [6, 6.07) is 12.9. The number of rotatable bonds is 6. The van der Waals surface area contributed by atoms with Crippen LogP contribution >= 0.6 is 79.6 Å². The van der Waals surface area contributed by atoms with E-state index in [-0.39, 0.29) is 78.9 Å². The summed E-state index contributed by atoms with van der Waals surface area (Å²) in [5, 5.41) is 59.2. The van der Waals surface area contributed by atoms with E-state index < -0.39 is 17.0 Å². The number of aromatic nitrogens is 6. The summed E-state index contributed by atoms with van der Waals surface area (Å²) in [6.45, 7) is 13.6. The molecule has 0 spiro atoms. The molecule has 0 atom stereocenters. The standard InChI is InChI=1S/C12H14BrFN2O2.C12H12BrFN2O.C9H8BrFN2O.C8H5BrFN.C2H5BrO.C2H6.CH3O.Na/c1-12(2,18)11-8-5-7(13)6-9(14)10(8)15-16(11)3-4-17;1-12(2)11-8-5-7(13)6-9(14)10(8)15-16(11)3-4-17-12;10-7-3-6-5-13(1-2-14)12-9(6)8(11)4-7;9-6-1-5-3-11-4-7(5)8(10)2-6;3-1-2-4;2*1-2;/h5-6,17-18H,3-4H2,1-2H3;5-6H,3-4H2,1-2H3;3-5,14H,1-2H2;1-3H,4H2;4H,1-2H2;1-2H3;1H3;/q;;;;;;-1;+1. The van der Waals surface area contributed by atoms with Gasteiger partial charge in [-0.15, -0.1) is 0 Å². The normalized spacial score (nSPS) is 12.8. The second-order valence-corrected chi connectivity index (χ2v) is 19.6. The number of ether oxygens (including phenoxy) is 1. The van der Waals surface area contributed by atoms with E-state index in [0.717, 1.165) is 38.1 Å². The van der Waals surface area contributed by atoms with Gasteiger partial charge in [0.15, 0.2) is 17.5 Å². The van der Waals surface area contributed by atoms with Crippen LogP contribution in [0.3, 0.4) is 0 Å². The molecule has 0 radical (unpaired) electrons. The van der Waals surface area contributed by atoms with Crippen LogP contribution in [0.1, 0.15) is 64.1 Å². The van der Waals surface area contributed by atoms with Crippen LogP contribution in [0, 0.1) is 23.3 Å². The molecule has 3 aromatic heterocycles. The van der Waals surface area contributed by atoms with Crippen LogP contribution < -0.4 is 34.7 Å². The fourth-order valence-electron chi connectivity index (χ4n) is 6.94. The zero-order valence-electron chi connectivity index (χ0n) is 39.3. The van der Waals surface area contributed by atoms with E-state index in [1.165, 1.54) is 33.6 Å². The van der Waals surface area contributed by atoms with Gasteiger partial charge in [-0.25, -0.2) is 17.6 Å². The first-order chi connectivity index (χ1) is 32.2. The van der Waals surface area contributed by atoms with Crippen LogP contribution in [-0.2, 0) is 42.1 Å². The molecule has 0 unspecified atom stereocenters. The van der Waals surface area contributed by atoms with Gasteiger partial charge >= 0.3 is 29.6 Å². The summed E-state index contributed by atoms with van der Waals surface area (Å²) in [4.78, 5) is 3.97. The predicted molar refractivity (Wildman–Crippen MR) is 274 cm³/mol. The topological polar surface area (TPSA) is 179 Å².